The number of benzene rings is 2. The largest absolute Gasteiger partial charge is 0.504 e. The highest BCUT2D eigenvalue weighted by Gasteiger charge is 2.21. The van der Waals surface area contributed by atoms with Crippen LogP contribution in [0.3, 0.4) is 0 Å². The molecule has 2 heterocycles. The molecule has 4 nitrogen and oxygen atoms in total. The third-order valence-electron chi connectivity index (χ3n) is 5.07. The summed E-state index contributed by atoms with van der Waals surface area (Å²) in [6.45, 7) is 2.07. The molecule has 2 aromatic carbocycles. The lowest BCUT2D eigenvalue weighted by Gasteiger charge is -2.30. The van der Waals surface area contributed by atoms with Crippen molar-refractivity contribution in [2.45, 2.75) is 19.4 Å². The molecule has 0 spiro atoms. The van der Waals surface area contributed by atoms with Crippen LogP contribution in [0.15, 0.2) is 60.8 Å². The Hall–Kier alpha value is -2.69. The third kappa shape index (κ3) is 4.89. The Bertz CT molecular complexity index is 1030. The first-order chi connectivity index (χ1) is 14.6. The molecule has 2 N–H and O–H groups in total. The molecule has 1 aromatic heterocycles. The van der Waals surface area contributed by atoms with Gasteiger partial charge in [0.05, 0.1) is 11.9 Å². The van der Waals surface area contributed by atoms with Crippen LogP contribution < -0.4 is 10.2 Å². The number of halogens is 2. The van der Waals surface area contributed by atoms with Crippen LogP contribution in [0.2, 0.25) is 10.0 Å². The maximum atomic E-state index is 10.5. The summed E-state index contributed by atoms with van der Waals surface area (Å²) in [4.78, 5) is 6.53. The Morgan fingerprint density at radius 1 is 1.03 bits per heavy atom. The molecule has 0 aliphatic carbocycles. The minimum absolute atomic E-state index is 0.164. The van der Waals surface area contributed by atoms with E-state index >= 15 is 0 Å². The summed E-state index contributed by atoms with van der Waals surface area (Å²) < 4.78 is 0. The van der Waals surface area contributed by atoms with Gasteiger partial charge in [-0.05, 0) is 42.2 Å². The van der Waals surface area contributed by atoms with Crippen LogP contribution in [-0.4, -0.2) is 23.2 Å². The van der Waals surface area contributed by atoms with E-state index in [2.05, 4.69) is 45.5 Å². The number of rotatable bonds is 7. The number of pyridine rings is 1. The van der Waals surface area contributed by atoms with Crippen LogP contribution in [0.5, 0.6) is 5.75 Å². The number of hydrogen-bond acceptors (Lipinski definition) is 4. The molecule has 0 atom stereocenters. The van der Waals surface area contributed by atoms with E-state index in [0.29, 0.717) is 23.1 Å². The Morgan fingerprint density at radius 2 is 1.80 bits per heavy atom. The zero-order valence-electron chi connectivity index (χ0n) is 16.5. The zero-order valence-corrected chi connectivity index (χ0v) is 18.0. The Labute approximate surface area is 186 Å². The molecule has 0 saturated heterocycles. The molecule has 0 radical (unpaired) electrons. The monoisotopic (exact) mass is 439 g/mol. The number of anilines is 2. The molecular weight excluding hydrogens is 417 g/mol. The lowest BCUT2D eigenvalue weighted by molar-refractivity contribution is 0.471. The number of hydrogen-bond donors (Lipinski definition) is 2. The van der Waals surface area contributed by atoms with Crippen LogP contribution in [0.1, 0.15) is 23.1 Å². The average molecular weight is 440 g/mol. The number of aryl methyl sites for hydroxylation is 1. The van der Waals surface area contributed by atoms with Crippen molar-refractivity contribution in [3.8, 4) is 5.75 Å². The van der Waals surface area contributed by atoms with E-state index in [0.717, 1.165) is 42.0 Å². The molecule has 6 heteroatoms. The smallest absolute Gasteiger partial charge is 0.158 e. The Balaban J connectivity index is 1.48. The van der Waals surface area contributed by atoms with Crippen LogP contribution in [-0.2, 0) is 13.0 Å². The van der Waals surface area contributed by atoms with Crippen molar-refractivity contribution >= 4 is 40.8 Å². The van der Waals surface area contributed by atoms with Crippen molar-refractivity contribution in [2.75, 3.05) is 23.3 Å². The third-order valence-corrected chi connectivity index (χ3v) is 5.51. The molecule has 1 aliphatic heterocycles. The molecule has 154 valence electrons. The van der Waals surface area contributed by atoms with E-state index in [1.165, 1.54) is 11.8 Å². The molecule has 0 fully saturated rings. The zero-order chi connectivity index (χ0) is 20.9. The number of aromatic hydroxyl groups is 1. The summed E-state index contributed by atoms with van der Waals surface area (Å²) in [5.74, 6) is 0.943. The lowest BCUT2D eigenvalue weighted by atomic mass is 10.1. The molecular formula is C24H23Cl2N3O. The first-order valence-corrected chi connectivity index (χ1v) is 10.7. The van der Waals surface area contributed by atoms with Crippen molar-refractivity contribution in [3.05, 3.63) is 87.5 Å². The quantitative estimate of drug-likeness (QED) is 0.432. The normalized spacial score (nSPS) is 12.7. The van der Waals surface area contributed by atoms with Gasteiger partial charge in [-0.2, -0.15) is 0 Å². The van der Waals surface area contributed by atoms with Gasteiger partial charge in [0.2, 0.25) is 0 Å². The van der Waals surface area contributed by atoms with Crippen LogP contribution >= 0.6 is 23.2 Å². The Kier molecular flexibility index (Phi) is 6.46. The second kappa shape index (κ2) is 9.41. The fourth-order valence-electron chi connectivity index (χ4n) is 3.74. The minimum Gasteiger partial charge on any atom is -0.504 e. The predicted molar refractivity (Wildman–Crippen MR) is 126 cm³/mol. The van der Waals surface area contributed by atoms with Crippen molar-refractivity contribution in [1.82, 2.24) is 4.98 Å². The molecule has 0 saturated carbocycles. The van der Waals surface area contributed by atoms with Crippen LogP contribution in [0.4, 0.5) is 11.5 Å². The fourth-order valence-corrected chi connectivity index (χ4v) is 4.31. The van der Waals surface area contributed by atoms with Crippen LogP contribution in [0.25, 0.3) is 6.08 Å². The highest BCUT2D eigenvalue weighted by molar-refractivity contribution is 6.34. The molecule has 1 aliphatic rings. The molecule has 0 bridgehead atoms. The van der Waals surface area contributed by atoms with Gasteiger partial charge >= 0.3 is 0 Å². The molecule has 0 amide bonds. The molecule has 0 unspecified atom stereocenters. The van der Waals surface area contributed by atoms with Gasteiger partial charge in [-0.25, -0.2) is 4.98 Å². The maximum absolute atomic E-state index is 10.5. The summed E-state index contributed by atoms with van der Waals surface area (Å²) >= 11 is 12.3. The predicted octanol–water partition coefficient (Wildman–Crippen LogP) is 6.17. The highest BCUT2D eigenvalue weighted by atomic mass is 35.5. The molecule has 4 rings (SSSR count). The topological polar surface area (TPSA) is 48.4 Å². The second-order valence-corrected chi connectivity index (χ2v) is 8.20. The molecule has 3 aromatic rings. The summed E-state index contributed by atoms with van der Waals surface area (Å²) in [5.41, 5.74) is 3.98. The summed E-state index contributed by atoms with van der Waals surface area (Å²) in [6, 6.07) is 15.9. The summed E-state index contributed by atoms with van der Waals surface area (Å²) in [6.07, 6.45) is 7.60. The van der Waals surface area contributed by atoms with Gasteiger partial charge in [0.15, 0.2) is 5.75 Å². The van der Waals surface area contributed by atoms with Gasteiger partial charge in [-0.1, -0.05) is 65.7 Å². The van der Waals surface area contributed by atoms with E-state index in [-0.39, 0.29) is 5.75 Å². The SMILES string of the molecule is Oc1cnc(NCCCc2ccccc2)c2c1N(Cc1cc(Cl)cc(Cl)c1)CC=C2. The van der Waals surface area contributed by atoms with E-state index in [1.807, 2.05) is 24.3 Å². The van der Waals surface area contributed by atoms with Gasteiger partial charge in [-0.3, -0.25) is 0 Å². The van der Waals surface area contributed by atoms with E-state index in [1.54, 1.807) is 6.07 Å². The molecule has 30 heavy (non-hydrogen) atoms. The minimum atomic E-state index is 0.164. The van der Waals surface area contributed by atoms with Gasteiger partial charge < -0.3 is 15.3 Å². The van der Waals surface area contributed by atoms with Gasteiger partial charge in [0.25, 0.3) is 0 Å². The number of aromatic nitrogens is 1. The summed E-state index contributed by atoms with van der Waals surface area (Å²) in [7, 11) is 0. The van der Waals surface area contributed by atoms with Crippen LogP contribution in [0, 0.1) is 0 Å². The van der Waals surface area contributed by atoms with E-state index in [9.17, 15) is 5.11 Å². The van der Waals surface area contributed by atoms with Crippen molar-refractivity contribution in [1.29, 1.82) is 0 Å². The van der Waals surface area contributed by atoms with E-state index in [4.69, 9.17) is 23.2 Å². The first kappa shape index (κ1) is 20.6. The van der Waals surface area contributed by atoms with Crippen molar-refractivity contribution in [2.24, 2.45) is 0 Å². The summed E-state index contributed by atoms with van der Waals surface area (Å²) in [5, 5.41) is 15.2. The second-order valence-electron chi connectivity index (χ2n) is 7.33. The standard InChI is InChI=1S/C24H23Cl2N3O/c25-19-12-18(13-20(26)14-19)16-29-11-5-9-21-23(29)22(30)15-28-24(21)27-10-4-8-17-6-2-1-3-7-17/h1-3,5-7,9,12-15,30H,4,8,10-11,16H2,(H,27,28). The van der Waals surface area contributed by atoms with Gasteiger partial charge in [0, 0.05) is 35.2 Å². The maximum Gasteiger partial charge on any atom is 0.158 e. The number of fused-ring (bicyclic) bond motifs is 1. The Morgan fingerprint density at radius 3 is 2.57 bits per heavy atom. The van der Waals surface area contributed by atoms with Crippen molar-refractivity contribution < 1.29 is 5.11 Å². The van der Waals surface area contributed by atoms with Gasteiger partial charge in [0.1, 0.15) is 5.82 Å². The van der Waals surface area contributed by atoms with Gasteiger partial charge in [-0.15, -0.1) is 0 Å². The number of nitrogens with one attached hydrogen (secondary N) is 1. The van der Waals surface area contributed by atoms with Crippen molar-refractivity contribution in [3.63, 3.8) is 0 Å². The number of nitrogens with zero attached hydrogens (tertiary/aromatic N) is 2. The average Bonchev–Trinajstić information content (AvgIpc) is 2.73. The lowest BCUT2D eigenvalue weighted by Crippen LogP contribution is -2.26. The highest BCUT2D eigenvalue weighted by Crippen LogP contribution is 2.39. The fraction of sp³-hybridized carbons (Fsp3) is 0.208. The first-order valence-electron chi connectivity index (χ1n) is 9.96. The van der Waals surface area contributed by atoms with E-state index < -0.39 is 0 Å².